The van der Waals surface area contributed by atoms with Crippen LogP contribution >= 0.6 is 27.5 Å². The van der Waals surface area contributed by atoms with Gasteiger partial charge in [-0.3, -0.25) is 4.79 Å². The molecule has 0 heterocycles. The van der Waals surface area contributed by atoms with Gasteiger partial charge in [0.15, 0.2) is 0 Å². The molecular formula is C19H22BrClN2O. The summed E-state index contributed by atoms with van der Waals surface area (Å²) < 4.78 is 0.830. The fourth-order valence-electron chi connectivity index (χ4n) is 2.53. The monoisotopic (exact) mass is 408 g/mol. The number of hydrogen-bond acceptors (Lipinski definition) is 2. The first-order chi connectivity index (χ1) is 11.4. The third-order valence-electron chi connectivity index (χ3n) is 4.03. The quantitative estimate of drug-likeness (QED) is 0.750. The van der Waals surface area contributed by atoms with Crippen molar-refractivity contribution in [3.8, 4) is 0 Å². The van der Waals surface area contributed by atoms with Crippen molar-refractivity contribution in [1.29, 1.82) is 0 Å². The molecule has 0 aliphatic heterocycles. The van der Waals surface area contributed by atoms with E-state index in [-0.39, 0.29) is 11.9 Å². The molecule has 2 rings (SSSR count). The van der Waals surface area contributed by atoms with Crippen molar-refractivity contribution >= 4 is 33.4 Å². The highest BCUT2D eigenvalue weighted by Gasteiger charge is 2.17. The summed E-state index contributed by atoms with van der Waals surface area (Å²) in [5.41, 5.74) is 2.96. The fourth-order valence-corrected chi connectivity index (χ4v) is 3.09. The van der Waals surface area contributed by atoms with Crippen LogP contribution < -0.4 is 5.32 Å². The van der Waals surface area contributed by atoms with Crippen LogP contribution in [-0.4, -0.2) is 31.4 Å². The molecule has 128 valence electrons. The van der Waals surface area contributed by atoms with E-state index < -0.39 is 0 Å². The minimum atomic E-state index is -0.168. The van der Waals surface area contributed by atoms with E-state index in [1.54, 1.807) is 12.1 Å². The maximum Gasteiger partial charge on any atom is 0.252 e. The Morgan fingerprint density at radius 3 is 2.46 bits per heavy atom. The van der Waals surface area contributed by atoms with E-state index in [4.69, 9.17) is 11.6 Å². The van der Waals surface area contributed by atoms with Crippen molar-refractivity contribution in [2.45, 2.75) is 19.4 Å². The van der Waals surface area contributed by atoms with Crippen molar-refractivity contribution in [1.82, 2.24) is 10.2 Å². The number of carbonyl (C=O) groups is 1. The number of halogens is 2. The number of hydrogen-bond donors (Lipinski definition) is 1. The minimum Gasteiger partial charge on any atom is -0.350 e. The van der Waals surface area contributed by atoms with E-state index >= 15 is 0 Å². The Morgan fingerprint density at radius 2 is 1.88 bits per heavy atom. The van der Waals surface area contributed by atoms with Crippen molar-refractivity contribution in [2.24, 2.45) is 0 Å². The van der Waals surface area contributed by atoms with Gasteiger partial charge in [0, 0.05) is 11.0 Å². The number of carbonyl (C=O) groups excluding carboxylic acids is 1. The summed E-state index contributed by atoms with van der Waals surface area (Å²) in [5.74, 6) is -0.168. The molecule has 1 atom stereocenters. The number of rotatable bonds is 6. The zero-order valence-corrected chi connectivity index (χ0v) is 16.5. The van der Waals surface area contributed by atoms with E-state index in [0.717, 1.165) is 10.9 Å². The predicted molar refractivity (Wildman–Crippen MR) is 104 cm³/mol. The SMILES string of the molecule is CCc1ccc(C(CNC(=O)c2cc(Br)ccc2Cl)N(C)C)cc1. The molecule has 1 N–H and O–H groups in total. The largest absolute Gasteiger partial charge is 0.350 e. The van der Waals surface area contributed by atoms with E-state index in [1.165, 1.54) is 11.1 Å². The maximum absolute atomic E-state index is 12.4. The molecule has 2 aromatic rings. The first kappa shape index (κ1) is 19.0. The Labute approximate surface area is 157 Å². The minimum absolute atomic E-state index is 0.103. The van der Waals surface area contributed by atoms with E-state index in [9.17, 15) is 4.79 Å². The summed E-state index contributed by atoms with van der Waals surface area (Å²) >= 11 is 9.50. The first-order valence-electron chi connectivity index (χ1n) is 7.91. The summed E-state index contributed by atoms with van der Waals surface area (Å²) in [5, 5.41) is 3.44. The van der Waals surface area contributed by atoms with Gasteiger partial charge in [0.2, 0.25) is 0 Å². The topological polar surface area (TPSA) is 32.3 Å². The van der Waals surface area contributed by atoms with Crippen LogP contribution in [-0.2, 0) is 6.42 Å². The predicted octanol–water partition coefficient (Wildman–Crippen LogP) is 4.70. The lowest BCUT2D eigenvalue weighted by atomic mass is 10.0. The van der Waals surface area contributed by atoms with Gasteiger partial charge in [-0.25, -0.2) is 0 Å². The standard InChI is InChI=1S/C19H22BrClN2O/c1-4-13-5-7-14(8-6-13)18(23(2)3)12-22-19(24)16-11-15(20)9-10-17(16)21/h5-11,18H,4,12H2,1-3H3,(H,22,24). The van der Waals surface area contributed by atoms with E-state index in [0.29, 0.717) is 17.1 Å². The second-order valence-corrected chi connectivity index (χ2v) is 7.23. The molecule has 3 nitrogen and oxygen atoms in total. The number of amides is 1. The van der Waals surface area contributed by atoms with Gasteiger partial charge in [-0.15, -0.1) is 0 Å². The molecular weight excluding hydrogens is 388 g/mol. The molecule has 0 fully saturated rings. The molecule has 2 aromatic carbocycles. The molecule has 0 aliphatic carbocycles. The molecule has 0 bridgehead atoms. The fraction of sp³-hybridized carbons (Fsp3) is 0.316. The summed E-state index contributed by atoms with van der Waals surface area (Å²) in [6.45, 7) is 2.65. The first-order valence-corrected chi connectivity index (χ1v) is 9.08. The van der Waals surface area contributed by atoms with Crippen molar-refractivity contribution in [3.05, 3.63) is 68.7 Å². The zero-order chi connectivity index (χ0) is 17.7. The smallest absolute Gasteiger partial charge is 0.252 e. The molecule has 0 aromatic heterocycles. The van der Waals surface area contributed by atoms with Gasteiger partial charge < -0.3 is 10.2 Å². The Morgan fingerprint density at radius 1 is 1.21 bits per heavy atom. The Kier molecular flexibility index (Phi) is 6.84. The molecule has 0 spiro atoms. The molecule has 1 amide bonds. The van der Waals surface area contributed by atoms with Crippen molar-refractivity contribution in [2.75, 3.05) is 20.6 Å². The zero-order valence-electron chi connectivity index (χ0n) is 14.1. The summed E-state index contributed by atoms with van der Waals surface area (Å²) in [4.78, 5) is 14.5. The lowest BCUT2D eigenvalue weighted by molar-refractivity contribution is 0.0942. The maximum atomic E-state index is 12.4. The second-order valence-electron chi connectivity index (χ2n) is 5.91. The lowest BCUT2D eigenvalue weighted by Crippen LogP contribution is -2.34. The van der Waals surface area contributed by atoms with Gasteiger partial charge in [-0.1, -0.05) is 58.7 Å². The van der Waals surface area contributed by atoms with Crippen LogP contribution in [0.25, 0.3) is 0 Å². The van der Waals surface area contributed by atoms with Crippen LogP contribution in [0.1, 0.15) is 34.5 Å². The number of aryl methyl sites for hydroxylation is 1. The highest BCUT2D eigenvalue weighted by molar-refractivity contribution is 9.10. The number of nitrogens with zero attached hydrogens (tertiary/aromatic N) is 1. The Bertz CT molecular complexity index is 701. The van der Waals surface area contributed by atoms with Crippen LogP contribution in [0.3, 0.4) is 0 Å². The van der Waals surface area contributed by atoms with Gasteiger partial charge in [0.1, 0.15) is 0 Å². The van der Waals surface area contributed by atoms with Crippen molar-refractivity contribution in [3.63, 3.8) is 0 Å². The van der Waals surface area contributed by atoms with Gasteiger partial charge in [0.25, 0.3) is 5.91 Å². The van der Waals surface area contributed by atoms with Crippen LogP contribution in [0.5, 0.6) is 0 Å². The van der Waals surface area contributed by atoms with Gasteiger partial charge in [-0.2, -0.15) is 0 Å². The second kappa shape index (κ2) is 8.65. The van der Waals surface area contributed by atoms with Gasteiger partial charge in [0.05, 0.1) is 16.6 Å². The van der Waals surface area contributed by atoms with Crippen LogP contribution in [0.4, 0.5) is 0 Å². The summed E-state index contributed by atoms with van der Waals surface area (Å²) in [6.07, 6.45) is 1.02. The Balaban J connectivity index is 2.10. The summed E-state index contributed by atoms with van der Waals surface area (Å²) in [7, 11) is 4.02. The highest BCUT2D eigenvalue weighted by atomic mass is 79.9. The molecule has 0 aliphatic rings. The average Bonchev–Trinajstić information content (AvgIpc) is 2.57. The molecule has 0 saturated heterocycles. The van der Waals surface area contributed by atoms with E-state index in [2.05, 4.69) is 57.3 Å². The third-order valence-corrected chi connectivity index (χ3v) is 4.85. The molecule has 1 unspecified atom stereocenters. The number of likely N-dealkylation sites (N-methyl/N-ethyl adjacent to an activating group) is 1. The van der Waals surface area contributed by atoms with Crippen molar-refractivity contribution < 1.29 is 4.79 Å². The van der Waals surface area contributed by atoms with Crippen LogP contribution in [0.15, 0.2) is 46.9 Å². The molecule has 5 heteroatoms. The molecule has 0 saturated carbocycles. The Hall–Kier alpha value is -1.36. The molecule has 24 heavy (non-hydrogen) atoms. The van der Waals surface area contributed by atoms with Crippen LogP contribution in [0.2, 0.25) is 5.02 Å². The highest BCUT2D eigenvalue weighted by Crippen LogP contribution is 2.22. The van der Waals surface area contributed by atoms with Crippen LogP contribution in [0, 0.1) is 0 Å². The van der Waals surface area contributed by atoms with Gasteiger partial charge >= 0.3 is 0 Å². The normalized spacial score (nSPS) is 12.2. The number of benzene rings is 2. The summed E-state index contributed by atoms with van der Waals surface area (Å²) in [6, 6.07) is 13.9. The number of nitrogens with one attached hydrogen (secondary N) is 1. The third kappa shape index (κ3) is 4.82. The van der Waals surface area contributed by atoms with Gasteiger partial charge in [-0.05, 0) is 49.8 Å². The molecule has 0 radical (unpaired) electrons. The lowest BCUT2D eigenvalue weighted by Gasteiger charge is -2.25. The average molecular weight is 410 g/mol. The van der Waals surface area contributed by atoms with E-state index in [1.807, 2.05) is 20.2 Å².